The Morgan fingerprint density at radius 2 is 2.21 bits per heavy atom. The zero-order valence-corrected chi connectivity index (χ0v) is 8.79. The van der Waals surface area contributed by atoms with Crippen LogP contribution >= 0.6 is 0 Å². The molecule has 0 aromatic rings. The highest BCUT2D eigenvalue weighted by atomic mass is 16.5. The minimum atomic E-state index is -0.108. The number of esters is 1. The summed E-state index contributed by atoms with van der Waals surface area (Å²) in [6, 6.07) is 0.209. The number of rotatable bonds is 2. The second kappa shape index (κ2) is 3.54. The van der Waals surface area contributed by atoms with Gasteiger partial charge in [0, 0.05) is 12.5 Å². The molecule has 2 atom stereocenters. The molecule has 80 valence electrons. The highest BCUT2D eigenvalue weighted by Gasteiger charge is 2.48. The third kappa shape index (κ3) is 1.92. The van der Waals surface area contributed by atoms with Crippen LogP contribution in [0.15, 0.2) is 0 Å². The number of ether oxygens (including phenoxy) is 1. The molecule has 2 aliphatic rings. The fraction of sp³-hybridized carbons (Fsp3) is 0.909. The van der Waals surface area contributed by atoms with Gasteiger partial charge in [-0.15, -0.1) is 0 Å². The van der Waals surface area contributed by atoms with Crippen LogP contribution in [0, 0.1) is 11.3 Å². The molecule has 2 fully saturated rings. The summed E-state index contributed by atoms with van der Waals surface area (Å²) in [6.45, 7) is 0. The maximum atomic E-state index is 11.2. The van der Waals surface area contributed by atoms with Crippen molar-refractivity contribution < 1.29 is 9.53 Å². The monoisotopic (exact) mass is 197 g/mol. The molecule has 2 rings (SSSR count). The summed E-state index contributed by atoms with van der Waals surface area (Å²) < 4.78 is 4.70. The highest BCUT2D eigenvalue weighted by molar-refractivity contribution is 5.69. The molecule has 2 unspecified atom stereocenters. The third-order valence-corrected chi connectivity index (χ3v) is 3.92. The van der Waals surface area contributed by atoms with Crippen molar-refractivity contribution in [3.63, 3.8) is 0 Å². The Hall–Kier alpha value is -0.570. The van der Waals surface area contributed by atoms with Gasteiger partial charge >= 0.3 is 5.97 Å². The van der Waals surface area contributed by atoms with Gasteiger partial charge in [-0.2, -0.15) is 0 Å². The first-order valence-electron chi connectivity index (χ1n) is 5.48. The SMILES string of the molecule is COC(=O)CC1CC2(CCC1N)CC2. The molecule has 0 aromatic heterocycles. The number of carbonyl (C=O) groups excluding carboxylic acids is 1. The van der Waals surface area contributed by atoms with E-state index in [0.29, 0.717) is 17.8 Å². The number of hydrogen-bond acceptors (Lipinski definition) is 3. The van der Waals surface area contributed by atoms with Crippen molar-refractivity contribution in [1.82, 2.24) is 0 Å². The van der Waals surface area contributed by atoms with Gasteiger partial charge in [0.05, 0.1) is 7.11 Å². The maximum absolute atomic E-state index is 11.2. The van der Waals surface area contributed by atoms with Crippen LogP contribution in [0.5, 0.6) is 0 Å². The molecule has 3 heteroatoms. The smallest absolute Gasteiger partial charge is 0.305 e. The fourth-order valence-electron chi connectivity index (χ4n) is 2.67. The standard InChI is InChI=1S/C11H19NO2/c1-14-10(13)6-8-7-11(4-5-11)3-2-9(8)12/h8-9H,2-7,12H2,1H3. The van der Waals surface area contributed by atoms with Gasteiger partial charge in [-0.25, -0.2) is 0 Å². The van der Waals surface area contributed by atoms with E-state index in [1.165, 1.54) is 26.4 Å². The second-order valence-electron chi connectivity index (χ2n) is 4.95. The zero-order valence-electron chi connectivity index (χ0n) is 8.79. The van der Waals surface area contributed by atoms with Crippen LogP contribution in [0.25, 0.3) is 0 Å². The van der Waals surface area contributed by atoms with Gasteiger partial charge in [-0.3, -0.25) is 4.79 Å². The first kappa shape index (κ1) is 9.97. The van der Waals surface area contributed by atoms with Crippen LogP contribution in [0.4, 0.5) is 0 Å². The Bertz CT molecular complexity index is 235. The summed E-state index contributed by atoms with van der Waals surface area (Å²) >= 11 is 0. The van der Waals surface area contributed by atoms with E-state index in [2.05, 4.69) is 0 Å². The lowest BCUT2D eigenvalue weighted by Crippen LogP contribution is -2.38. The van der Waals surface area contributed by atoms with Crippen LogP contribution in [0.3, 0.4) is 0 Å². The molecular weight excluding hydrogens is 178 g/mol. The van der Waals surface area contributed by atoms with Gasteiger partial charge in [-0.1, -0.05) is 0 Å². The van der Waals surface area contributed by atoms with Gasteiger partial charge in [-0.05, 0) is 43.4 Å². The normalized spacial score (nSPS) is 34.1. The number of hydrogen-bond donors (Lipinski definition) is 1. The number of carbonyl (C=O) groups is 1. The molecule has 0 bridgehead atoms. The lowest BCUT2D eigenvalue weighted by Gasteiger charge is -2.33. The van der Waals surface area contributed by atoms with E-state index in [0.717, 1.165) is 12.8 Å². The van der Waals surface area contributed by atoms with Crippen LogP contribution in [-0.2, 0) is 9.53 Å². The lowest BCUT2D eigenvalue weighted by molar-refractivity contribution is -0.142. The van der Waals surface area contributed by atoms with E-state index >= 15 is 0 Å². The molecule has 0 aliphatic heterocycles. The molecule has 0 amide bonds. The van der Waals surface area contributed by atoms with E-state index in [1.54, 1.807) is 0 Å². The van der Waals surface area contributed by atoms with Crippen molar-refractivity contribution in [2.75, 3.05) is 7.11 Å². The fourth-order valence-corrected chi connectivity index (χ4v) is 2.67. The van der Waals surface area contributed by atoms with Crippen molar-refractivity contribution in [2.45, 2.75) is 44.6 Å². The largest absolute Gasteiger partial charge is 0.469 e. The van der Waals surface area contributed by atoms with E-state index in [4.69, 9.17) is 10.5 Å². The third-order valence-electron chi connectivity index (χ3n) is 3.92. The molecule has 0 heterocycles. The summed E-state index contributed by atoms with van der Waals surface area (Å²) in [4.78, 5) is 11.2. The topological polar surface area (TPSA) is 52.3 Å². The van der Waals surface area contributed by atoms with Crippen molar-refractivity contribution in [1.29, 1.82) is 0 Å². The Labute approximate surface area is 85.0 Å². The molecule has 0 radical (unpaired) electrons. The van der Waals surface area contributed by atoms with Gasteiger partial charge in [0.25, 0.3) is 0 Å². The van der Waals surface area contributed by atoms with Crippen LogP contribution in [-0.4, -0.2) is 19.1 Å². The Morgan fingerprint density at radius 3 is 2.79 bits per heavy atom. The van der Waals surface area contributed by atoms with Crippen LogP contribution < -0.4 is 5.73 Å². The summed E-state index contributed by atoms with van der Waals surface area (Å²) in [6.07, 6.45) is 6.70. The van der Waals surface area contributed by atoms with E-state index < -0.39 is 0 Å². The number of nitrogens with two attached hydrogens (primary N) is 1. The van der Waals surface area contributed by atoms with Crippen LogP contribution in [0.2, 0.25) is 0 Å². The summed E-state index contributed by atoms with van der Waals surface area (Å²) in [7, 11) is 1.45. The Morgan fingerprint density at radius 1 is 1.50 bits per heavy atom. The minimum Gasteiger partial charge on any atom is -0.469 e. The lowest BCUT2D eigenvalue weighted by atomic mass is 9.75. The van der Waals surface area contributed by atoms with Crippen LogP contribution in [0.1, 0.15) is 38.5 Å². The zero-order chi connectivity index (χ0) is 10.2. The first-order valence-corrected chi connectivity index (χ1v) is 5.48. The van der Waals surface area contributed by atoms with Gasteiger partial charge in [0.15, 0.2) is 0 Å². The van der Waals surface area contributed by atoms with Gasteiger partial charge < -0.3 is 10.5 Å². The molecule has 2 N–H and O–H groups in total. The van der Waals surface area contributed by atoms with E-state index in [1.807, 2.05) is 0 Å². The molecule has 3 nitrogen and oxygen atoms in total. The van der Waals surface area contributed by atoms with E-state index in [9.17, 15) is 4.79 Å². The predicted octanol–water partition coefficient (Wildman–Crippen LogP) is 1.46. The minimum absolute atomic E-state index is 0.108. The molecule has 1 spiro atoms. The first-order chi connectivity index (χ1) is 6.65. The maximum Gasteiger partial charge on any atom is 0.305 e. The van der Waals surface area contributed by atoms with Crippen molar-refractivity contribution in [3.05, 3.63) is 0 Å². The summed E-state index contributed by atoms with van der Waals surface area (Å²) in [5.74, 6) is 0.252. The Kier molecular flexibility index (Phi) is 2.52. The summed E-state index contributed by atoms with van der Waals surface area (Å²) in [5.41, 5.74) is 6.60. The van der Waals surface area contributed by atoms with Crippen molar-refractivity contribution >= 4 is 5.97 Å². The molecule has 2 saturated carbocycles. The Balaban J connectivity index is 1.91. The quantitative estimate of drug-likeness (QED) is 0.682. The molecule has 14 heavy (non-hydrogen) atoms. The molecule has 0 aromatic carbocycles. The van der Waals surface area contributed by atoms with E-state index in [-0.39, 0.29) is 12.0 Å². The summed E-state index contributed by atoms with van der Waals surface area (Å²) in [5, 5.41) is 0. The molecule has 0 saturated heterocycles. The number of methoxy groups -OCH3 is 1. The predicted molar refractivity (Wildman–Crippen MR) is 53.6 cm³/mol. The van der Waals surface area contributed by atoms with Gasteiger partial charge in [0.2, 0.25) is 0 Å². The average Bonchev–Trinajstić information content (AvgIpc) is 2.92. The van der Waals surface area contributed by atoms with Crippen molar-refractivity contribution in [2.24, 2.45) is 17.1 Å². The van der Waals surface area contributed by atoms with Gasteiger partial charge in [0.1, 0.15) is 0 Å². The second-order valence-corrected chi connectivity index (χ2v) is 4.95. The molecular formula is C11H19NO2. The average molecular weight is 197 g/mol. The highest BCUT2D eigenvalue weighted by Crippen LogP contribution is 2.57. The van der Waals surface area contributed by atoms with Crippen molar-refractivity contribution in [3.8, 4) is 0 Å². The molecule has 2 aliphatic carbocycles.